The van der Waals surface area contributed by atoms with Gasteiger partial charge in [0.15, 0.2) is 0 Å². The third-order valence-corrected chi connectivity index (χ3v) is 5.83. The lowest BCUT2D eigenvalue weighted by molar-refractivity contribution is -0.275. The zero-order valence-electron chi connectivity index (χ0n) is 15.6. The number of alkyl halides is 6. The second-order valence-electron chi connectivity index (χ2n) is 6.62. The molecular weight excluding hydrogens is 454 g/mol. The Labute approximate surface area is 173 Å². The monoisotopic (exact) mass is 470 g/mol. The molecular formula is C18H16F6N2O4S. The molecule has 3 rings (SSSR count). The third kappa shape index (κ3) is 6.66. The molecule has 1 aliphatic heterocycles. The maximum atomic E-state index is 12.5. The molecule has 13 heteroatoms. The van der Waals surface area contributed by atoms with Crippen molar-refractivity contribution in [3.05, 3.63) is 48.5 Å². The number of rotatable bonds is 6. The molecule has 170 valence electrons. The first kappa shape index (κ1) is 23.0. The molecule has 1 saturated heterocycles. The van der Waals surface area contributed by atoms with E-state index < -0.39 is 40.3 Å². The van der Waals surface area contributed by atoms with Crippen LogP contribution in [0, 0.1) is 0 Å². The molecule has 31 heavy (non-hydrogen) atoms. The molecule has 1 heterocycles. The van der Waals surface area contributed by atoms with Gasteiger partial charge >= 0.3 is 12.7 Å². The van der Waals surface area contributed by atoms with Gasteiger partial charge in [0.05, 0.1) is 4.90 Å². The second kappa shape index (κ2) is 8.46. The Balaban J connectivity index is 1.63. The number of hydrogen-bond donors (Lipinski definition) is 1. The topological polar surface area (TPSA) is 67.9 Å². The summed E-state index contributed by atoms with van der Waals surface area (Å²) in [6, 6.07) is 8.48. The van der Waals surface area contributed by atoms with E-state index in [2.05, 4.69) is 14.2 Å². The van der Waals surface area contributed by atoms with E-state index in [1.54, 1.807) is 11.0 Å². The Bertz CT molecular complexity index is 1010. The molecule has 0 radical (unpaired) electrons. The Morgan fingerprint density at radius 3 is 2.13 bits per heavy atom. The summed E-state index contributed by atoms with van der Waals surface area (Å²) >= 11 is 0. The molecule has 0 saturated carbocycles. The number of anilines is 1. The molecule has 0 amide bonds. The highest BCUT2D eigenvalue weighted by Crippen LogP contribution is 2.29. The van der Waals surface area contributed by atoms with Gasteiger partial charge in [0.25, 0.3) is 0 Å². The van der Waals surface area contributed by atoms with Crippen LogP contribution in [0.4, 0.5) is 32.0 Å². The summed E-state index contributed by atoms with van der Waals surface area (Å²) in [6.07, 6.45) is -9.35. The number of hydrogen-bond acceptors (Lipinski definition) is 5. The van der Waals surface area contributed by atoms with Gasteiger partial charge in [-0.15, -0.1) is 26.3 Å². The van der Waals surface area contributed by atoms with E-state index in [9.17, 15) is 34.8 Å². The highest BCUT2D eigenvalue weighted by Gasteiger charge is 2.33. The standard InChI is InChI=1S/C18H16F6N2O4S/c19-17(20,21)29-14-4-6-16(7-5-14)31(27,28)25-12-8-9-26(11-12)13-2-1-3-15(10-13)30-18(22,23)24/h1-7,10,12,25H,8-9,11H2/t12-/m1/s1. The molecule has 1 fully saturated rings. The van der Waals surface area contributed by atoms with Gasteiger partial charge in [0, 0.05) is 30.9 Å². The first-order chi connectivity index (χ1) is 14.3. The van der Waals surface area contributed by atoms with Crippen molar-refractivity contribution in [2.24, 2.45) is 0 Å². The SMILES string of the molecule is O=S(=O)(N[C@@H]1CCN(c2cccc(OC(F)(F)F)c2)C1)c1ccc(OC(F)(F)F)cc1. The van der Waals surface area contributed by atoms with Gasteiger partial charge in [-0.1, -0.05) is 6.07 Å². The number of nitrogens with zero attached hydrogens (tertiary/aromatic N) is 1. The summed E-state index contributed by atoms with van der Waals surface area (Å²) in [4.78, 5) is 1.44. The van der Waals surface area contributed by atoms with E-state index >= 15 is 0 Å². The highest BCUT2D eigenvalue weighted by atomic mass is 32.2. The fraction of sp³-hybridized carbons (Fsp3) is 0.333. The first-order valence-electron chi connectivity index (χ1n) is 8.80. The molecule has 0 aromatic heterocycles. The van der Waals surface area contributed by atoms with Gasteiger partial charge in [-0.3, -0.25) is 0 Å². The van der Waals surface area contributed by atoms with Crippen LogP contribution in [-0.2, 0) is 10.0 Å². The summed E-state index contributed by atoms with van der Waals surface area (Å²) in [5.41, 5.74) is 0.428. The van der Waals surface area contributed by atoms with Crippen LogP contribution in [0.5, 0.6) is 11.5 Å². The predicted octanol–water partition coefficient (Wildman–Crippen LogP) is 4.04. The quantitative estimate of drug-likeness (QED) is 0.646. The lowest BCUT2D eigenvalue weighted by Gasteiger charge is -2.20. The van der Waals surface area contributed by atoms with E-state index in [4.69, 9.17) is 0 Å². The number of sulfonamides is 1. The fourth-order valence-electron chi connectivity index (χ4n) is 3.08. The minimum absolute atomic E-state index is 0.184. The van der Waals surface area contributed by atoms with Crippen LogP contribution in [0.3, 0.4) is 0 Å². The van der Waals surface area contributed by atoms with Gasteiger partial charge in [-0.25, -0.2) is 13.1 Å². The number of ether oxygens (including phenoxy) is 2. The zero-order valence-corrected chi connectivity index (χ0v) is 16.4. The lowest BCUT2D eigenvalue weighted by atomic mass is 10.3. The number of nitrogens with one attached hydrogen (secondary N) is 1. The highest BCUT2D eigenvalue weighted by molar-refractivity contribution is 7.89. The van der Waals surface area contributed by atoms with Crippen molar-refractivity contribution in [3.63, 3.8) is 0 Å². The Morgan fingerprint density at radius 2 is 1.52 bits per heavy atom. The zero-order chi connectivity index (χ0) is 22.9. The second-order valence-corrected chi connectivity index (χ2v) is 8.33. The van der Waals surface area contributed by atoms with Gasteiger partial charge in [0.1, 0.15) is 11.5 Å². The maximum absolute atomic E-state index is 12.5. The van der Waals surface area contributed by atoms with Crippen molar-refractivity contribution in [3.8, 4) is 11.5 Å². The van der Waals surface area contributed by atoms with Crippen LogP contribution in [-0.4, -0.2) is 40.3 Å². The largest absolute Gasteiger partial charge is 0.573 e. The normalized spacial score (nSPS) is 17.6. The third-order valence-electron chi connectivity index (χ3n) is 4.29. The number of benzene rings is 2. The van der Waals surface area contributed by atoms with Gasteiger partial charge in [0.2, 0.25) is 10.0 Å². The molecule has 2 aromatic carbocycles. The van der Waals surface area contributed by atoms with Crippen molar-refractivity contribution in [1.82, 2.24) is 4.72 Å². The minimum atomic E-state index is -4.89. The van der Waals surface area contributed by atoms with E-state index in [0.29, 0.717) is 18.7 Å². The summed E-state index contributed by atoms with van der Waals surface area (Å²) in [5.74, 6) is -0.949. The molecule has 1 aliphatic rings. The Hall–Kier alpha value is -2.67. The van der Waals surface area contributed by atoms with Gasteiger partial charge < -0.3 is 14.4 Å². The predicted molar refractivity (Wildman–Crippen MR) is 97.2 cm³/mol. The molecule has 0 unspecified atom stereocenters. The molecule has 1 N–H and O–H groups in total. The molecule has 0 aliphatic carbocycles. The van der Waals surface area contributed by atoms with E-state index in [1.807, 2.05) is 0 Å². The molecule has 0 spiro atoms. The molecule has 2 aromatic rings. The van der Waals surface area contributed by atoms with Crippen molar-refractivity contribution < 1.29 is 44.2 Å². The minimum Gasteiger partial charge on any atom is -0.406 e. The summed E-state index contributed by atoms with van der Waals surface area (Å²) in [7, 11) is -4.03. The fourth-order valence-corrected chi connectivity index (χ4v) is 4.34. The van der Waals surface area contributed by atoms with Crippen molar-refractivity contribution in [2.75, 3.05) is 18.0 Å². The van der Waals surface area contributed by atoms with Crippen molar-refractivity contribution in [1.29, 1.82) is 0 Å². The molecule has 1 atom stereocenters. The van der Waals surface area contributed by atoms with E-state index in [-0.39, 0.29) is 11.4 Å². The summed E-state index contributed by atoms with van der Waals surface area (Å²) in [5, 5.41) is 0. The maximum Gasteiger partial charge on any atom is 0.573 e. The van der Waals surface area contributed by atoms with Gasteiger partial charge in [-0.05, 0) is 42.8 Å². The van der Waals surface area contributed by atoms with Crippen molar-refractivity contribution >= 4 is 15.7 Å². The van der Waals surface area contributed by atoms with Gasteiger partial charge in [-0.2, -0.15) is 0 Å². The van der Waals surface area contributed by atoms with E-state index in [1.165, 1.54) is 12.1 Å². The molecule has 6 nitrogen and oxygen atoms in total. The van der Waals surface area contributed by atoms with Crippen LogP contribution in [0.2, 0.25) is 0 Å². The van der Waals surface area contributed by atoms with Crippen LogP contribution in [0.1, 0.15) is 6.42 Å². The average molecular weight is 470 g/mol. The number of halogens is 6. The van der Waals surface area contributed by atoms with Crippen LogP contribution in [0.25, 0.3) is 0 Å². The lowest BCUT2D eigenvalue weighted by Crippen LogP contribution is -2.37. The van der Waals surface area contributed by atoms with E-state index in [0.717, 1.165) is 30.3 Å². The summed E-state index contributed by atoms with van der Waals surface area (Å²) in [6.45, 7) is 0.561. The first-order valence-corrected chi connectivity index (χ1v) is 10.3. The smallest absolute Gasteiger partial charge is 0.406 e. The Kier molecular flexibility index (Phi) is 6.28. The summed E-state index contributed by atoms with van der Waals surface area (Å²) < 4.78 is 109. The molecule has 0 bridgehead atoms. The van der Waals surface area contributed by atoms with Crippen LogP contribution >= 0.6 is 0 Å². The van der Waals surface area contributed by atoms with Crippen molar-refractivity contribution in [2.45, 2.75) is 30.1 Å². The van der Waals surface area contributed by atoms with Crippen LogP contribution < -0.4 is 19.1 Å². The average Bonchev–Trinajstić information content (AvgIpc) is 3.07. The van der Waals surface area contributed by atoms with Crippen LogP contribution in [0.15, 0.2) is 53.4 Å². The Morgan fingerprint density at radius 1 is 0.903 bits per heavy atom.